The van der Waals surface area contributed by atoms with Crippen LogP contribution >= 0.6 is 0 Å². The highest BCUT2D eigenvalue weighted by Gasteiger charge is 2.31. The number of nitrogens with zero attached hydrogens (tertiary/aromatic N) is 3. The van der Waals surface area contributed by atoms with Crippen molar-refractivity contribution in [2.75, 3.05) is 31.1 Å². The van der Waals surface area contributed by atoms with Crippen LogP contribution in [0.2, 0.25) is 0 Å². The third kappa shape index (κ3) is 4.65. The Morgan fingerprint density at radius 1 is 0.861 bits per heavy atom. The molecule has 3 aromatic carbocycles. The minimum absolute atomic E-state index is 0.0942. The number of pyridine rings is 1. The van der Waals surface area contributed by atoms with Crippen LogP contribution in [0.15, 0.2) is 72.8 Å². The number of para-hydroxylation sites is 1. The van der Waals surface area contributed by atoms with Gasteiger partial charge in [-0.05, 0) is 49.7 Å². The van der Waals surface area contributed by atoms with Crippen LogP contribution in [0.4, 0.5) is 18.9 Å². The number of amides is 1. The SMILES string of the molecule is Cc1ccc(-c2cc(C(=O)N3CCN(c4cccc(C(F)(F)F)c4)CC3)c3ccccc3n2)c(C)c1. The number of benzene rings is 3. The lowest BCUT2D eigenvalue weighted by molar-refractivity contribution is -0.137. The Labute approximate surface area is 208 Å². The van der Waals surface area contributed by atoms with Crippen LogP contribution in [0.25, 0.3) is 22.2 Å². The van der Waals surface area contributed by atoms with Crippen LogP contribution in [0.3, 0.4) is 0 Å². The van der Waals surface area contributed by atoms with Crippen molar-refractivity contribution in [2.24, 2.45) is 0 Å². The average Bonchev–Trinajstić information content (AvgIpc) is 2.87. The van der Waals surface area contributed by atoms with Gasteiger partial charge in [0, 0.05) is 42.8 Å². The zero-order chi connectivity index (χ0) is 25.4. The lowest BCUT2D eigenvalue weighted by Crippen LogP contribution is -2.48. The van der Waals surface area contributed by atoms with E-state index in [2.05, 4.69) is 6.07 Å². The smallest absolute Gasteiger partial charge is 0.368 e. The summed E-state index contributed by atoms with van der Waals surface area (Å²) in [4.78, 5) is 22.2. The summed E-state index contributed by atoms with van der Waals surface area (Å²) >= 11 is 0. The minimum atomic E-state index is -4.39. The molecule has 2 heterocycles. The highest BCUT2D eigenvalue weighted by Crippen LogP contribution is 2.32. The first-order chi connectivity index (χ1) is 17.2. The molecule has 1 saturated heterocycles. The van der Waals surface area contributed by atoms with Crippen molar-refractivity contribution < 1.29 is 18.0 Å². The highest BCUT2D eigenvalue weighted by atomic mass is 19.4. The summed E-state index contributed by atoms with van der Waals surface area (Å²) in [7, 11) is 0. The molecule has 0 radical (unpaired) electrons. The molecule has 1 aliphatic rings. The zero-order valence-electron chi connectivity index (χ0n) is 20.1. The first-order valence-electron chi connectivity index (χ1n) is 11.9. The summed E-state index contributed by atoms with van der Waals surface area (Å²) in [5.74, 6) is -0.0942. The number of hydrogen-bond donors (Lipinski definition) is 0. The van der Waals surface area contributed by atoms with Crippen molar-refractivity contribution >= 4 is 22.5 Å². The Hall–Kier alpha value is -3.87. The lowest BCUT2D eigenvalue weighted by Gasteiger charge is -2.36. The number of alkyl halides is 3. The summed E-state index contributed by atoms with van der Waals surface area (Å²) in [6.45, 7) is 5.83. The van der Waals surface area contributed by atoms with Gasteiger partial charge in [-0.1, -0.05) is 48.0 Å². The average molecular weight is 490 g/mol. The number of rotatable bonds is 3. The Kier molecular flexibility index (Phi) is 6.16. The van der Waals surface area contributed by atoms with Crippen LogP contribution in [0.1, 0.15) is 27.0 Å². The summed E-state index contributed by atoms with van der Waals surface area (Å²) in [6, 6.07) is 21.0. The molecule has 0 saturated carbocycles. The standard InChI is InChI=1S/C29H26F3N3O/c1-19-10-11-23(20(2)16-19)27-18-25(24-8-3-4-9-26(24)33-27)28(36)35-14-12-34(13-15-35)22-7-5-6-21(17-22)29(30,31)32/h3-11,16-18H,12-15H2,1-2H3. The van der Waals surface area contributed by atoms with Crippen LogP contribution in [-0.2, 0) is 6.18 Å². The van der Waals surface area contributed by atoms with Gasteiger partial charge >= 0.3 is 6.18 Å². The van der Waals surface area contributed by atoms with Crippen molar-refractivity contribution in [3.05, 3.63) is 95.1 Å². The number of aryl methyl sites for hydroxylation is 2. The highest BCUT2D eigenvalue weighted by molar-refractivity contribution is 6.07. The predicted molar refractivity (Wildman–Crippen MR) is 136 cm³/mol. The monoisotopic (exact) mass is 489 g/mol. The maximum atomic E-state index is 13.7. The van der Waals surface area contributed by atoms with Crippen molar-refractivity contribution in [2.45, 2.75) is 20.0 Å². The molecule has 5 rings (SSSR count). The maximum Gasteiger partial charge on any atom is 0.416 e. The molecule has 0 unspecified atom stereocenters. The van der Waals surface area contributed by atoms with Crippen LogP contribution in [0, 0.1) is 13.8 Å². The van der Waals surface area contributed by atoms with E-state index in [1.807, 2.05) is 61.2 Å². The summed E-state index contributed by atoms with van der Waals surface area (Å²) in [5.41, 5.74) is 5.16. The minimum Gasteiger partial charge on any atom is -0.368 e. The van der Waals surface area contributed by atoms with E-state index in [9.17, 15) is 18.0 Å². The molecule has 1 amide bonds. The van der Waals surface area contributed by atoms with Gasteiger partial charge in [-0.15, -0.1) is 0 Å². The van der Waals surface area contributed by atoms with E-state index in [0.717, 1.165) is 39.4 Å². The molecular weight excluding hydrogens is 463 g/mol. The van der Waals surface area contributed by atoms with E-state index < -0.39 is 11.7 Å². The fourth-order valence-electron chi connectivity index (χ4n) is 4.81. The third-order valence-electron chi connectivity index (χ3n) is 6.71. The van der Waals surface area contributed by atoms with Crippen LogP contribution in [-0.4, -0.2) is 42.0 Å². The topological polar surface area (TPSA) is 36.4 Å². The molecule has 4 nitrogen and oxygen atoms in total. The molecule has 184 valence electrons. The second-order valence-electron chi connectivity index (χ2n) is 9.22. The van der Waals surface area contributed by atoms with Crippen molar-refractivity contribution in [1.82, 2.24) is 9.88 Å². The molecule has 0 atom stereocenters. The molecule has 0 spiro atoms. The van der Waals surface area contributed by atoms with Crippen molar-refractivity contribution in [1.29, 1.82) is 0 Å². The van der Waals surface area contributed by atoms with Crippen LogP contribution in [0.5, 0.6) is 0 Å². The van der Waals surface area contributed by atoms with Gasteiger partial charge in [-0.2, -0.15) is 13.2 Å². The molecule has 36 heavy (non-hydrogen) atoms. The number of hydrogen-bond acceptors (Lipinski definition) is 3. The Morgan fingerprint density at radius 3 is 2.33 bits per heavy atom. The van der Waals surface area contributed by atoms with Gasteiger partial charge in [0.25, 0.3) is 5.91 Å². The Balaban J connectivity index is 1.42. The van der Waals surface area contributed by atoms with E-state index in [4.69, 9.17) is 4.98 Å². The number of carbonyl (C=O) groups is 1. The predicted octanol–water partition coefficient (Wildman–Crippen LogP) is 6.50. The van der Waals surface area contributed by atoms with Gasteiger partial charge in [0.15, 0.2) is 0 Å². The quantitative estimate of drug-likeness (QED) is 0.330. The molecule has 1 fully saturated rings. The van der Waals surface area contributed by atoms with Gasteiger partial charge in [0.2, 0.25) is 0 Å². The first kappa shape index (κ1) is 23.9. The van der Waals surface area contributed by atoms with E-state index in [1.165, 1.54) is 12.1 Å². The van der Waals surface area contributed by atoms with E-state index >= 15 is 0 Å². The largest absolute Gasteiger partial charge is 0.416 e. The summed E-state index contributed by atoms with van der Waals surface area (Å²) in [5, 5.41) is 0.788. The summed E-state index contributed by atoms with van der Waals surface area (Å²) in [6.07, 6.45) is -4.39. The van der Waals surface area contributed by atoms with Crippen molar-refractivity contribution in [3.8, 4) is 11.3 Å². The van der Waals surface area contributed by atoms with E-state index in [1.54, 1.807) is 11.0 Å². The maximum absolute atomic E-state index is 13.7. The molecule has 0 aliphatic carbocycles. The second-order valence-corrected chi connectivity index (χ2v) is 9.22. The van der Waals surface area contributed by atoms with Gasteiger partial charge in [0.1, 0.15) is 0 Å². The Bertz CT molecular complexity index is 1440. The molecular formula is C29H26F3N3O. The number of carbonyl (C=O) groups excluding carboxylic acids is 1. The number of fused-ring (bicyclic) bond motifs is 1. The number of anilines is 1. The first-order valence-corrected chi connectivity index (χ1v) is 11.9. The Morgan fingerprint density at radius 2 is 1.61 bits per heavy atom. The zero-order valence-corrected chi connectivity index (χ0v) is 20.1. The number of piperazine rings is 1. The van der Waals surface area contributed by atoms with Gasteiger partial charge < -0.3 is 9.80 Å². The third-order valence-corrected chi connectivity index (χ3v) is 6.71. The summed E-state index contributed by atoms with van der Waals surface area (Å²) < 4.78 is 39.4. The molecule has 0 bridgehead atoms. The second kappa shape index (κ2) is 9.30. The van der Waals surface area contributed by atoms with Gasteiger partial charge in [-0.25, -0.2) is 4.98 Å². The van der Waals surface area contributed by atoms with Crippen molar-refractivity contribution in [3.63, 3.8) is 0 Å². The van der Waals surface area contributed by atoms with Crippen LogP contribution < -0.4 is 4.90 Å². The number of halogens is 3. The lowest BCUT2D eigenvalue weighted by atomic mass is 9.99. The van der Waals surface area contributed by atoms with E-state index in [0.29, 0.717) is 37.4 Å². The van der Waals surface area contributed by atoms with E-state index in [-0.39, 0.29) is 5.91 Å². The number of aromatic nitrogens is 1. The molecule has 7 heteroatoms. The molecule has 1 aliphatic heterocycles. The van der Waals surface area contributed by atoms with Gasteiger partial charge in [-0.3, -0.25) is 4.79 Å². The fraction of sp³-hybridized carbons (Fsp3) is 0.241. The molecule has 4 aromatic rings. The molecule has 0 N–H and O–H groups in total. The fourth-order valence-corrected chi connectivity index (χ4v) is 4.81. The molecule has 1 aromatic heterocycles. The van der Waals surface area contributed by atoms with Gasteiger partial charge in [0.05, 0.1) is 22.3 Å². The normalized spacial score (nSPS) is 14.4.